The number of anilines is 3. The summed E-state index contributed by atoms with van der Waals surface area (Å²) in [6.07, 6.45) is 0. The Labute approximate surface area is 342 Å². The van der Waals surface area contributed by atoms with Crippen molar-refractivity contribution in [2.24, 2.45) is 0 Å². The molecular formula is C54H34BNO3. The molecule has 0 bridgehead atoms. The lowest BCUT2D eigenvalue weighted by Gasteiger charge is -2.35. The highest BCUT2D eigenvalue weighted by molar-refractivity contribution is 6.98. The van der Waals surface area contributed by atoms with Crippen LogP contribution in [0.25, 0.3) is 55.3 Å². The first-order chi connectivity index (χ1) is 29.2. The van der Waals surface area contributed by atoms with Crippen LogP contribution in [0, 0.1) is 0 Å². The van der Waals surface area contributed by atoms with Crippen LogP contribution >= 0.6 is 0 Å². The summed E-state index contributed by atoms with van der Waals surface area (Å²) in [4.78, 5) is 2.26. The van der Waals surface area contributed by atoms with Gasteiger partial charge in [-0.3, -0.25) is 0 Å². The van der Waals surface area contributed by atoms with Gasteiger partial charge in [0.2, 0.25) is 0 Å². The van der Waals surface area contributed by atoms with Crippen LogP contribution in [0.15, 0.2) is 211 Å². The number of hydrogen-bond donors (Lipinski definition) is 0. The molecule has 0 saturated heterocycles. The number of para-hydroxylation sites is 3. The molecule has 10 aromatic rings. The predicted molar refractivity (Wildman–Crippen MR) is 242 cm³/mol. The van der Waals surface area contributed by atoms with Crippen molar-refractivity contribution in [2.45, 2.75) is 0 Å². The molecule has 2 aliphatic heterocycles. The molecule has 0 amide bonds. The first kappa shape index (κ1) is 33.4. The average molecular weight is 756 g/mol. The van der Waals surface area contributed by atoms with Crippen LogP contribution < -0.4 is 30.8 Å². The largest absolute Gasteiger partial charge is 0.458 e. The molecule has 2 aliphatic rings. The standard InChI is InChI=1S/C54H34BNO3/c1-5-15-35(16-6-1)38-27-29-45-48(31-38)57-50-33-41(34-51-52(50)55(45)46-30-28-39(32-49(46)58-51)36-17-7-2-8-18-36)56(40-21-11-4-12-22-40)47-26-14-25-44-43-24-13-23-42(53(43)59-54(44)47)37-19-9-3-10-20-37/h1-34H. The van der Waals surface area contributed by atoms with E-state index in [0.29, 0.717) is 0 Å². The Morgan fingerprint density at radius 1 is 0.356 bits per heavy atom. The van der Waals surface area contributed by atoms with E-state index in [1.165, 1.54) is 0 Å². The number of benzene rings is 9. The second-order valence-corrected chi connectivity index (χ2v) is 15.2. The van der Waals surface area contributed by atoms with Crippen LogP contribution in [0.1, 0.15) is 0 Å². The maximum absolute atomic E-state index is 7.03. The summed E-state index contributed by atoms with van der Waals surface area (Å²) in [5.41, 5.74) is 14.4. The van der Waals surface area contributed by atoms with E-state index in [2.05, 4.69) is 187 Å². The van der Waals surface area contributed by atoms with Gasteiger partial charge in [0.15, 0.2) is 5.58 Å². The summed E-state index contributed by atoms with van der Waals surface area (Å²) < 4.78 is 21.0. The number of ether oxygens (including phenoxy) is 2. The first-order valence-corrected chi connectivity index (χ1v) is 20.0. The quantitative estimate of drug-likeness (QED) is 0.158. The van der Waals surface area contributed by atoms with Crippen molar-refractivity contribution in [1.29, 1.82) is 0 Å². The van der Waals surface area contributed by atoms with E-state index in [9.17, 15) is 0 Å². The third kappa shape index (κ3) is 5.47. The van der Waals surface area contributed by atoms with Crippen molar-refractivity contribution < 1.29 is 13.9 Å². The van der Waals surface area contributed by atoms with Crippen molar-refractivity contribution in [3.63, 3.8) is 0 Å². The van der Waals surface area contributed by atoms with E-state index >= 15 is 0 Å². The van der Waals surface area contributed by atoms with Crippen LogP contribution in [0.4, 0.5) is 17.1 Å². The minimum atomic E-state index is -0.0865. The molecule has 276 valence electrons. The molecule has 0 radical (unpaired) electrons. The van der Waals surface area contributed by atoms with Crippen molar-refractivity contribution in [2.75, 3.05) is 4.90 Å². The number of rotatable bonds is 6. The first-order valence-electron chi connectivity index (χ1n) is 20.0. The molecule has 0 atom stereocenters. The normalized spacial score (nSPS) is 12.3. The van der Waals surface area contributed by atoms with Crippen molar-refractivity contribution in [1.82, 2.24) is 0 Å². The molecular weight excluding hydrogens is 721 g/mol. The average Bonchev–Trinajstić information content (AvgIpc) is 3.70. The summed E-state index contributed by atoms with van der Waals surface area (Å²) in [5, 5.41) is 2.12. The zero-order valence-corrected chi connectivity index (χ0v) is 31.9. The van der Waals surface area contributed by atoms with E-state index in [-0.39, 0.29) is 6.71 Å². The smallest absolute Gasteiger partial charge is 0.260 e. The highest BCUT2D eigenvalue weighted by atomic mass is 16.5. The predicted octanol–water partition coefficient (Wildman–Crippen LogP) is 12.8. The summed E-state index contributed by atoms with van der Waals surface area (Å²) in [7, 11) is 0. The fourth-order valence-corrected chi connectivity index (χ4v) is 9.06. The molecule has 9 aromatic carbocycles. The third-order valence-corrected chi connectivity index (χ3v) is 11.8. The van der Waals surface area contributed by atoms with E-state index in [4.69, 9.17) is 13.9 Å². The molecule has 5 heteroatoms. The van der Waals surface area contributed by atoms with Crippen LogP contribution in [-0.4, -0.2) is 6.71 Å². The van der Waals surface area contributed by atoms with Crippen LogP contribution in [-0.2, 0) is 0 Å². The summed E-state index contributed by atoms with van der Waals surface area (Å²) in [6, 6.07) is 72.2. The van der Waals surface area contributed by atoms with Crippen molar-refractivity contribution >= 4 is 62.1 Å². The molecule has 0 fully saturated rings. The number of nitrogens with zero attached hydrogens (tertiary/aromatic N) is 1. The molecule has 0 N–H and O–H groups in total. The van der Waals surface area contributed by atoms with Gasteiger partial charge in [-0.2, -0.15) is 0 Å². The lowest BCUT2D eigenvalue weighted by Crippen LogP contribution is -2.57. The highest BCUT2D eigenvalue weighted by Gasteiger charge is 2.41. The third-order valence-electron chi connectivity index (χ3n) is 11.8. The Hall–Kier alpha value is -7.76. The van der Waals surface area contributed by atoms with E-state index in [1.807, 2.05) is 24.3 Å². The molecule has 0 saturated carbocycles. The molecule has 3 heterocycles. The molecule has 59 heavy (non-hydrogen) atoms. The van der Waals surface area contributed by atoms with Crippen molar-refractivity contribution in [3.05, 3.63) is 206 Å². The van der Waals surface area contributed by atoms with Gasteiger partial charge in [-0.1, -0.05) is 164 Å². The lowest BCUT2D eigenvalue weighted by atomic mass is 9.34. The fourth-order valence-electron chi connectivity index (χ4n) is 9.06. The molecule has 0 unspecified atom stereocenters. The van der Waals surface area contributed by atoms with Gasteiger partial charge in [-0.15, -0.1) is 0 Å². The SMILES string of the molecule is c1ccc(-c2ccc3c(c2)Oc2cc(N(c4ccccc4)c4cccc5c4oc4c(-c6ccccc6)cccc45)cc4c2B3c2ccc(-c3ccccc3)cc2O4)cc1. The van der Waals surface area contributed by atoms with Crippen LogP contribution in [0.3, 0.4) is 0 Å². The Kier molecular flexibility index (Phi) is 7.60. The van der Waals surface area contributed by atoms with E-state index < -0.39 is 0 Å². The topological polar surface area (TPSA) is 34.8 Å². The van der Waals surface area contributed by atoms with Gasteiger partial charge in [-0.05, 0) is 69.1 Å². The molecule has 12 rings (SSSR count). The lowest BCUT2D eigenvalue weighted by molar-refractivity contribution is 0.465. The van der Waals surface area contributed by atoms with Gasteiger partial charge in [0.1, 0.15) is 28.6 Å². The number of furan rings is 1. The van der Waals surface area contributed by atoms with Crippen LogP contribution in [0.5, 0.6) is 23.0 Å². The Balaban J connectivity index is 1.08. The molecule has 4 nitrogen and oxygen atoms in total. The Morgan fingerprint density at radius 3 is 1.44 bits per heavy atom. The Bertz CT molecular complexity index is 3100. The maximum Gasteiger partial charge on any atom is 0.260 e. The van der Waals surface area contributed by atoms with Crippen molar-refractivity contribution in [3.8, 4) is 56.4 Å². The monoisotopic (exact) mass is 755 g/mol. The van der Waals surface area contributed by atoms with E-state index in [0.717, 1.165) is 112 Å². The second kappa shape index (κ2) is 13.4. The minimum Gasteiger partial charge on any atom is -0.458 e. The minimum absolute atomic E-state index is 0.0865. The van der Waals surface area contributed by atoms with Gasteiger partial charge < -0.3 is 18.8 Å². The maximum atomic E-state index is 7.03. The zero-order chi connectivity index (χ0) is 38.9. The molecule has 0 spiro atoms. The number of hydrogen-bond acceptors (Lipinski definition) is 4. The molecule has 1 aromatic heterocycles. The fraction of sp³-hybridized carbons (Fsp3) is 0. The Morgan fingerprint density at radius 2 is 0.864 bits per heavy atom. The summed E-state index contributed by atoms with van der Waals surface area (Å²) in [6.45, 7) is -0.0865. The summed E-state index contributed by atoms with van der Waals surface area (Å²) in [5.74, 6) is 3.21. The van der Waals surface area contributed by atoms with Gasteiger partial charge in [0.25, 0.3) is 6.71 Å². The second-order valence-electron chi connectivity index (χ2n) is 15.2. The van der Waals surface area contributed by atoms with E-state index in [1.54, 1.807) is 0 Å². The molecule has 0 aliphatic carbocycles. The highest BCUT2D eigenvalue weighted by Crippen LogP contribution is 2.47. The summed E-state index contributed by atoms with van der Waals surface area (Å²) >= 11 is 0. The van der Waals surface area contributed by atoms with Crippen LogP contribution in [0.2, 0.25) is 0 Å². The number of fused-ring (bicyclic) bond motifs is 7. The van der Waals surface area contributed by atoms with Gasteiger partial charge in [0.05, 0.1) is 11.4 Å². The zero-order valence-electron chi connectivity index (χ0n) is 31.9. The van der Waals surface area contributed by atoms with Gasteiger partial charge >= 0.3 is 0 Å². The van der Waals surface area contributed by atoms with Gasteiger partial charge in [0, 0.05) is 39.6 Å². The van der Waals surface area contributed by atoms with Gasteiger partial charge in [-0.25, -0.2) is 0 Å².